The van der Waals surface area contributed by atoms with Gasteiger partial charge in [0.15, 0.2) is 0 Å². The molecule has 0 unspecified atom stereocenters. The lowest BCUT2D eigenvalue weighted by molar-refractivity contribution is 0.214. The molecule has 0 saturated carbocycles. The van der Waals surface area contributed by atoms with Crippen LogP contribution in [0.15, 0.2) is 42.5 Å². The summed E-state index contributed by atoms with van der Waals surface area (Å²) in [7, 11) is 0. The van der Waals surface area contributed by atoms with Crippen molar-refractivity contribution in [2.45, 2.75) is 18.7 Å². The highest BCUT2D eigenvalue weighted by molar-refractivity contribution is 7.99. The first-order valence-electron chi connectivity index (χ1n) is 7.81. The summed E-state index contributed by atoms with van der Waals surface area (Å²) in [5, 5.41) is 4.09. The molecular weight excluding hydrogens is 363 g/mol. The van der Waals surface area contributed by atoms with E-state index in [4.69, 9.17) is 23.2 Å². The fourth-order valence-electron chi connectivity index (χ4n) is 2.70. The number of nitrogens with zero attached hydrogens (tertiary/aromatic N) is 1. The second-order valence-corrected chi connectivity index (χ2v) is 7.60. The van der Waals surface area contributed by atoms with Crippen LogP contribution in [0.3, 0.4) is 0 Å². The third kappa shape index (κ3) is 3.82. The fraction of sp³-hybridized carbons (Fsp3) is 0.278. The van der Waals surface area contributed by atoms with E-state index in [9.17, 15) is 4.79 Å². The Labute approximate surface area is 156 Å². The molecule has 3 nitrogen and oxygen atoms in total. The second kappa shape index (κ2) is 7.68. The Kier molecular flexibility index (Phi) is 5.59. The zero-order chi connectivity index (χ0) is 17.1. The number of hydrogen-bond donors (Lipinski definition) is 1. The van der Waals surface area contributed by atoms with Crippen molar-refractivity contribution in [3.63, 3.8) is 0 Å². The van der Waals surface area contributed by atoms with Gasteiger partial charge in [-0.1, -0.05) is 48.3 Å². The molecule has 0 radical (unpaired) electrons. The summed E-state index contributed by atoms with van der Waals surface area (Å²) in [5.74, 6) is 0.881. The average Bonchev–Trinajstić information content (AvgIpc) is 3.04. The van der Waals surface area contributed by atoms with Crippen molar-refractivity contribution in [2.24, 2.45) is 0 Å². The third-order valence-corrected chi connectivity index (χ3v) is 5.77. The van der Waals surface area contributed by atoms with Gasteiger partial charge in [0.05, 0.1) is 0 Å². The van der Waals surface area contributed by atoms with Gasteiger partial charge in [-0.2, -0.15) is 0 Å². The standard InChI is InChI=1S/C18H18Cl2N2OS/c1-2-12-4-3-5-14(10-12)21-18(23)22-8-9-24-17(22)15-7-6-13(19)11-16(15)20/h3-7,10-11,17H,2,8-9H2,1H3,(H,21,23)/t17-/m1/s1. The molecule has 1 N–H and O–H groups in total. The molecular formula is C18H18Cl2N2OS. The Balaban J connectivity index is 1.78. The van der Waals surface area contributed by atoms with Crippen molar-refractivity contribution in [3.05, 3.63) is 63.6 Å². The number of anilines is 1. The normalized spacial score (nSPS) is 17.1. The number of aryl methyl sites for hydroxylation is 1. The predicted molar refractivity (Wildman–Crippen MR) is 103 cm³/mol. The highest BCUT2D eigenvalue weighted by Gasteiger charge is 2.32. The highest BCUT2D eigenvalue weighted by atomic mass is 35.5. The Bertz CT molecular complexity index is 754. The number of carbonyl (C=O) groups is 1. The van der Waals surface area contributed by atoms with Crippen molar-refractivity contribution < 1.29 is 4.79 Å². The highest BCUT2D eigenvalue weighted by Crippen LogP contribution is 2.41. The molecule has 0 aliphatic carbocycles. The second-order valence-electron chi connectivity index (χ2n) is 5.57. The molecule has 2 aromatic rings. The molecule has 1 heterocycles. The van der Waals surface area contributed by atoms with Crippen LogP contribution >= 0.6 is 35.0 Å². The molecule has 1 aliphatic rings. The van der Waals surface area contributed by atoms with Crippen LogP contribution in [0, 0.1) is 0 Å². The minimum Gasteiger partial charge on any atom is -0.308 e. The number of amides is 2. The van der Waals surface area contributed by atoms with Crippen LogP contribution in [0.4, 0.5) is 10.5 Å². The maximum atomic E-state index is 12.7. The molecule has 0 aromatic heterocycles. The van der Waals surface area contributed by atoms with Crippen molar-refractivity contribution in [3.8, 4) is 0 Å². The van der Waals surface area contributed by atoms with E-state index in [-0.39, 0.29) is 11.4 Å². The Morgan fingerprint density at radius 3 is 2.88 bits per heavy atom. The minimum atomic E-state index is -0.107. The van der Waals surface area contributed by atoms with Gasteiger partial charge in [-0.15, -0.1) is 11.8 Å². The number of nitrogens with one attached hydrogen (secondary N) is 1. The molecule has 24 heavy (non-hydrogen) atoms. The maximum Gasteiger partial charge on any atom is 0.323 e. The predicted octanol–water partition coefficient (Wildman–Crippen LogP) is 5.84. The van der Waals surface area contributed by atoms with Crippen molar-refractivity contribution >= 4 is 46.7 Å². The van der Waals surface area contributed by atoms with Crippen LogP contribution in [0.5, 0.6) is 0 Å². The first-order valence-corrected chi connectivity index (χ1v) is 9.62. The molecule has 3 rings (SSSR count). The van der Waals surface area contributed by atoms with Gasteiger partial charge in [0.2, 0.25) is 0 Å². The lowest BCUT2D eigenvalue weighted by Gasteiger charge is -2.25. The van der Waals surface area contributed by atoms with E-state index in [1.807, 2.05) is 35.2 Å². The SMILES string of the molecule is CCc1cccc(NC(=O)N2CCS[C@@H]2c2ccc(Cl)cc2Cl)c1. The molecule has 1 aliphatic heterocycles. The van der Waals surface area contributed by atoms with Gasteiger partial charge in [-0.3, -0.25) is 0 Å². The lowest BCUT2D eigenvalue weighted by atomic mass is 10.1. The van der Waals surface area contributed by atoms with Gasteiger partial charge in [0.25, 0.3) is 0 Å². The monoisotopic (exact) mass is 380 g/mol. The number of thioether (sulfide) groups is 1. The molecule has 1 fully saturated rings. The number of rotatable bonds is 3. The summed E-state index contributed by atoms with van der Waals surface area (Å²) in [4.78, 5) is 14.5. The van der Waals surface area contributed by atoms with Gasteiger partial charge in [-0.05, 0) is 36.2 Å². The Morgan fingerprint density at radius 2 is 2.12 bits per heavy atom. The zero-order valence-corrected chi connectivity index (χ0v) is 15.6. The first-order chi connectivity index (χ1) is 11.6. The van der Waals surface area contributed by atoms with Crippen LogP contribution in [-0.4, -0.2) is 23.2 Å². The largest absolute Gasteiger partial charge is 0.323 e. The number of carbonyl (C=O) groups excluding carboxylic acids is 1. The summed E-state index contributed by atoms with van der Waals surface area (Å²) in [6, 6.07) is 13.2. The number of halogens is 2. The van der Waals surface area contributed by atoms with Gasteiger partial charge >= 0.3 is 6.03 Å². The van der Waals surface area contributed by atoms with E-state index >= 15 is 0 Å². The van der Waals surface area contributed by atoms with Gasteiger partial charge in [0, 0.05) is 33.6 Å². The Hall–Kier alpha value is -1.36. The average molecular weight is 381 g/mol. The summed E-state index contributed by atoms with van der Waals surface area (Å²) < 4.78 is 0. The van der Waals surface area contributed by atoms with Crippen LogP contribution in [0.2, 0.25) is 10.0 Å². The van der Waals surface area contributed by atoms with Crippen LogP contribution in [0.25, 0.3) is 0 Å². The van der Waals surface area contributed by atoms with Gasteiger partial charge in [0.1, 0.15) is 5.37 Å². The molecule has 2 amide bonds. The quantitative estimate of drug-likeness (QED) is 0.725. The minimum absolute atomic E-state index is 0.0934. The smallest absolute Gasteiger partial charge is 0.308 e. The number of urea groups is 1. The van der Waals surface area contributed by atoms with E-state index in [0.717, 1.165) is 23.4 Å². The molecule has 0 spiro atoms. The van der Waals surface area contributed by atoms with Crippen LogP contribution < -0.4 is 5.32 Å². The summed E-state index contributed by atoms with van der Waals surface area (Å²) in [6.45, 7) is 2.78. The molecule has 1 atom stereocenters. The Morgan fingerprint density at radius 1 is 1.29 bits per heavy atom. The van der Waals surface area contributed by atoms with Crippen LogP contribution in [0.1, 0.15) is 23.4 Å². The molecule has 126 valence electrons. The fourth-order valence-corrected chi connectivity index (χ4v) is 4.57. The van der Waals surface area contributed by atoms with E-state index in [0.29, 0.717) is 16.6 Å². The van der Waals surface area contributed by atoms with E-state index < -0.39 is 0 Å². The number of hydrogen-bond acceptors (Lipinski definition) is 2. The van der Waals surface area contributed by atoms with E-state index in [2.05, 4.69) is 18.3 Å². The molecule has 2 aromatic carbocycles. The lowest BCUT2D eigenvalue weighted by Crippen LogP contribution is -2.34. The molecule has 6 heteroatoms. The summed E-state index contributed by atoms with van der Waals surface area (Å²) in [5.41, 5.74) is 2.93. The van der Waals surface area contributed by atoms with Gasteiger partial charge in [-0.25, -0.2) is 4.79 Å². The maximum absolute atomic E-state index is 12.7. The zero-order valence-electron chi connectivity index (χ0n) is 13.3. The van der Waals surface area contributed by atoms with Crippen LogP contribution in [-0.2, 0) is 6.42 Å². The van der Waals surface area contributed by atoms with E-state index in [1.165, 1.54) is 5.56 Å². The first kappa shape index (κ1) is 17.5. The summed E-state index contributed by atoms with van der Waals surface area (Å²) in [6.07, 6.45) is 0.937. The third-order valence-electron chi connectivity index (χ3n) is 3.97. The van der Waals surface area contributed by atoms with E-state index in [1.54, 1.807) is 17.8 Å². The van der Waals surface area contributed by atoms with Crippen molar-refractivity contribution in [1.82, 2.24) is 4.90 Å². The number of benzene rings is 2. The van der Waals surface area contributed by atoms with Crippen molar-refractivity contribution in [2.75, 3.05) is 17.6 Å². The summed E-state index contributed by atoms with van der Waals surface area (Å²) >= 11 is 14.0. The van der Waals surface area contributed by atoms with Crippen molar-refractivity contribution in [1.29, 1.82) is 0 Å². The molecule has 1 saturated heterocycles. The molecule has 0 bridgehead atoms. The van der Waals surface area contributed by atoms with Gasteiger partial charge < -0.3 is 10.2 Å². The topological polar surface area (TPSA) is 32.3 Å².